The number of amides is 4. The van der Waals surface area contributed by atoms with Gasteiger partial charge in [-0.25, -0.2) is 4.72 Å². The normalized spacial score (nSPS) is 11.5. The zero-order valence-electron chi connectivity index (χ0n) is 19.3. The number of unbranched alkanes of at least 4 members (excludes halogenated alkanes) is 1. The van der Waals surface area contributed by atoms with Crippen molar-refractivity contribution >= 4 is 35.9 Å². The predicted molar refractivity (Wildman–Crippen MR) is 122 cm³/mol. The molecular weight excluding hydrogens is 441 g/mol. The molecule has 0 fully saturated rings. The van der Waals surface area contributed by atoms with Crippen LogP contribution in [0, 0.1) is 0 Å². The molecule has 0 saturated heterocycles. The molecule has 0 aliphatic rings. The van der Waals surface area contributed by atoms with Crippen LogP contribution in [0.4, 0.5) is 4.53 Å². The van der Waals surface area contributed by atoms with Gasteiger partial charge in [-0.15, -0.1) is 4.39 Å². The number of carbonyl (C=O) groups is 4. The first-order valence-corrected chi connectivity index (χ1v) is 11.9. The van der Waals surface area contributed by atoms with Crippen molar-refractivity contribution in [3.8, 4) is 0 Å². The lowest BCUT2D eigenvalue weighted by atomic mass is 10.1. The second-order valence-electron chi connectivity index (χ2n) is 7.30. The van der Waals surface area contributed by atoms with Crippen molar-refractivity contribution in [2.24, 2.45) is 0 Å². The molecular formula is C20H38FN5O5S. The Morgan fingerprint density at radius 1 is 0.875 bits per heavy atom. The number of nitrogens with one attached hydrogen (secondary N) is 4. The molecule has 0 spiro atoms. The number of rotatable bonds is 19. The Morgan fingerprint density at radius 2 is 1.44 bits per heavy atom. The van der Waals surface area contributed by atoms with E-state index in [9.17, 15) is 23.7 Å². The second-order valence-corrected chi connectivity index (χ2v) is 7.83. The summed E-state index contributed by atoms with van der Waals surface area (Å²) in [6, 6.07) is 0.0827. The summed E-state index contributed by atoms with van der Waals surface area (Å²) in [4.78, 5) is 48.9. The molecule has 0 radical (unpaired) electrons. The first kappa shape index (κ1) is 30.1. The van der Waals surface area contributed by atoms with Crippen LogP contribution in [0.15, 0.2) is 0 Å². The van der Waals surface area contributed by atoms with Crippen LogP contribution in [0.25, 0.3) is 0 Å². The van der Waals surface area contributed by atoms with E-state index in [4.69, 9.17) is 0 Å². The van der Waals surface area contributed by atoms with Crippen molar-refractivity contribution in [1.29, 1.82) is 0 Å². The molecule has 0 aromatic carbocycles. The average Bonchev–Trinajstić information content (AvgIpc) is 2.79. The van der Waals surface area contributed by atoms with Crippen LogP contribution in [0.2, 0.25) is 0 Å². The third kappa shape index (κ3) is 16.7. The Kier molecular flexibility index (Phi) is 18.6. The van der Waals surface area contributed by atoms with E-state index in [2.05, 4.69) is 25.1 Å². The molecule has 12 heteroatoms. The van der Waals surface area contributed by atoms with Gasteiger partial charge in [0.1, 0.15) is 12.2 Å². The first-order valence-electron chi connectivity index (χ1n) is 11.1. The minimum absolute atomic E-state index is 0.0523. The standard InChI is InChI=1S/C20H38FN5O5S/c1-4-17(27)23-12-14-26(15-13-24-18(28)5-2)20(30)10-9-19(29)22-11-7-6-8-16(3)25-32-31-21/h16,25H,4-15H2,1-3H3,(H,22,29)(H,23,27)(H,24,28). The van der Waals surface area contributed by atoms with Gasteiger partial charge in [0.2, 0.25) is 23.6 Å². The first-order chi connectivity index (χ1) is 15.3. The summed E-state index contributed by atoms with van der Waals surface area (Å²) in [5.74, 6) is -0.611. The fourth-order valence-electron chi connectivity index (χ4n) is 2.70. The SMILES string of the molecule is CCC(=O)NCCN(CCNC(=O)CC)C(=O)CCC(=O)NCCCCC(C)NSOF. The fraction of sp³-hybridized carbons (Fsp3) is 0.800. The maximum absolute atomic E-state index is 12.6. The Bertz CT molecular complexity index is 548. The van der Waals surface area contributed by atoms with Crippen molar-refractivity contribution in [1.82, 2.24) is 25.6 Å². The highest BCUT2D eigenvalue weighted by atomic mass is 32.2. The predicted octanol–water partition coefficient (Wildman–Crippen LogP) is 1.38. The number of nitrogens with zero attached hydrogens (tertiary/aromatic N) is 1. The van der Waals surface area contributed by atoms with Gasteiger partial charge in [-0.3, -0.25) is 19.2 Å². The molecule has 0 aromatic heterocycles. The molecule has 0 saturated carbocycles. The third-order valence-electron chi connectivity index (χ3n) is 4.64. The summed E-state index contributed by atoms with van der Waals surface area (Å²) in [7, 11) is 0. The van der Waals surface area contributed by atoms with E-state index in [1.54, 1.807) is 18.7 Å². The summed E-state index contributed by atoms with van der Waals surface area (Å²) < 4.78 is 17.7. The van der Waals surface area contributed by atoms with Gasteiger partial charge in [-0.05, 0) is 24.3 Å². The minimum atomic E-state index is -0.205. The van der Waals surface area contributed by atoms with E-state index in [1.165, 1.54) is 0 Å². The van der Waals surface area contributed by atoms with Crippen LogP contribution in [0.3, 0.4) is 0 Å². The van der Waals surface area contributed by atoms with E-state index >= 15 is 0 Å². The van der Waals surface area contributed by atoms with Crippen LogP contribution in [0.1, 0.15) is 65.7 Å². The van der Waals surface area contributed by atoms with Gasteiger partial charge < -0.3 is 20.9 Å². The summed E-state index contributed by atoms with van der Waals surface area (Å²) in [5.41, 5.74) is 0. The Labute approximate surface area is 194 Å². The summed E-state index contributed by atoms with van der Waals surface area (Å²) >= 11 is 0.547. The largest absolute Gasteiger partial charge is 0.356 e. The van der Waals surface area contributed by atoms with Crippen molar-refractivity contribution in [3.63, 3.8) is 0 Å². The quantitative estimate of drug-likeness (QED) is 0.125. The van der Waals surface area contributed by atoms with Crippen molar-refractivity contribution in [2.75, 3.05) is 32.7 Å². The topological polar surface area (TPSA) is 129 Å². The molecule has 186 valence electrons. The Morgan fingerprint density at radius 3 is 1.97 bits per heavy atom. The summed E-state index contributed by atoms with van der Waals surface area (Å²) in [6.07, 6.45) is 3.27. The molecule has 0 aliphatic carbocycles. The number of halogens is 1. The Hall–Kier alpha value is -1.92. The summed E-state index contributed by atoms with van der Waals surface area (Å²) in [6.45, 7) is 7.15. The van der Waals surface area contributed by atoms with Crippen molar-refractivity contribution in [3.05, 3.63) is 0 Å². The molecule has 4 amide bonds. The van der Waals surface area contributed by atoms with E-state index in [0.29, 0.717) is 57.8 Å². The van der Waals surface area contributed by atoms with Gasteiger partial charge in [-0.2, -0.15) is 0 Å². The van der Waals surface area contributed by atoms with Gasteiger partial charge in [0.05, 0.1) is 0 Å². The monoisotopic (exact) mass is 479 g/mol. The van der Waals surface area contributed by atoms with Crippen LogP contribution >= 0.6 is 12.2 Å². The molecule has 1 atom stereocenters. The maximum Gasteiger partial charge on any atom is 0.223 e. The highest BCUT2D eigenvalue weighted by molar-refractivity contribution is 7.92. The number of carbonyl (C=O) groups excluding carboxylic acids is 4. The molecule has 0 bridgehead atoms. The Balaban J connectivity index is 4.24. The summed E-state index contributed by atoms with van der Waals surface area (Å²) in [5, 5.41) is 8.23. The highest BCUT2D eigenvalue weighted by Gasteiger charge is 2.15. The van der Waals surface area contributed by atoms with Crippen molar-refractivity contribution in [2.45, 2.75) is 71.8 Å². The molecule has 10 nitrogen and oxygen atoms in total. The van der Waals surface area contributed by atoms with Crippen LogP contribution in [0.5, 0.6) is 0 Å². The molecule has 0 aliphatic heterocycles. The van der Waals surface area contributed by atoms with E-state index in [-0.39, 0.29) is 42.5 Å². The van der Waals surface area contributed by atoms with Gasteiger partial charge >= 0.3 is 0 Å². The second kappa shape index (κ2) is 19.7. The van der Waals surface area contributed by atoms with E-state index in [1.807, 2.05) is 6.92 Å². The van der Waals surface area contributed by atoms with E-state index in [0.717, 1.165) is 19.3 Å². The number of hydrogen-bond acceptors (Lipinski definition) is 7. The molecule has 32 heavy (non-hydrogen) atoms. The van der Waals surface area contributed by atoms with Crippen molar-refractivity contribution < 1.29 is 28.1 Å². The highest BCUT2D eigenvalue weighted by Crippen LogP contribution is 2.05. The van der Waals surface area contributed by atoms with E-state index < -0.39 is 0 Å². The average molecular weight is 480 g/mol. The lowest BCUT2D eigenvalue weighted by Crippen LogP contribution is -2.42. The fourth-order valence-corrected chi connectivity index (χ4v) is 3.02. The van der Waals surface area contributed by atoms with Gasteiger partial charge in [0.15, 0.2) is 0 Å². The minimum Gasteiger partial charge on any atom is -0.356 e. The van der Waals surface area contributed by atoms with Gasteiger partial charge in [-0.1, -0.05) is 20.3 Å². The van der Waals surface area contributed by atoms with Gasteiger partial charge in [0.25, 0.3) is 0 Å². The maximum atomic E-state index is 12.6. The van der Waals surface area contributed by atoms with Crippen LogP contribution in [-0.2, 0) is 23.6 Å². The smallest absolute Gasteiger partial charge is 0.223 e. The molecule has 4 N–H and O–H groups in total. The lowest BCUT2D eigenvalue weighted by Gasteiger charge is -2.23. The zero-order valence-corrected chi connectivity index (χ0v) is 20.2. The van der Waals surface area contributed by atoms with Gasteiger partial charge in [0, 0.05) is 64.4 Å². The molecule has 0 rings (SSSR count). The number of hydrogen-bond donors (Lipinski definition) is 4. The zero-order chi connectivity index (χ0) is 24.2. The molecule has 1 unspecified atom stereocenters. The third-order valence-corrected chi connectivity index (χ3v) is 5.20. The molecule has 0 aromatic rings. The molecule has 0 heterocycles. The van der Waals surface area contributed by atoms with Crippen LogP contribution in [-0.4, -0.2) is 67.3 Å². The van der Waals surface area contributed by atoms with Crippen LogP contribution < -0.4 is 20.7 Å². The lowest BCUT2D eigenvalue weighted by molar-refractivity contribution is -0.134.